The number of amides is 1. The van der Waals surface area contributed by atoms with Gasteiger partial charge in [-0.2, -0.15) is 0 Å². The van der Waals surface area contributed by atoms with Gasteiger partial charge in [-0.1, -0.05) is 44.2 Å². The van der Waals surface area contributed by atoms with Crippen molar-refractivity contribution in [2.45, 2.75) is 26.7 Å². The number of hydrogen-bond acceptors (Lipinski definition) is 3. The molecule has 4 heteroatoms. The summed E-state index contributed by atoms with van der Waals surface area (Å²) < 4.78 is 10.9. The van der Waals surface area contributed by atoms with Crippen LogP contribution in [0, 0.1) is 0 Å². The van der Waals surface area contributed by atoms with Crippen LogP contribution >= 0.6 is 0 Å². The zero-order valence-corrected chi connectivity index (χ0v) is 13.1. The standard InChI is InChI=1S/C17H25NO3/c1-13(2)11-20-10-9-18-17(19)12-21-16-8-6-5-7-15(16)14(3)4/h5-8,14H,1,9-12H2,2-4H3,(H,18,19). The first-order valence-corrected chi connectivity index (χ1v) is 7.21. The van der Waals surface area contributed by atoms with Gasteiger partial charge in [0, 0.05) is 6.54 Å². The quantitative estimate of drug-likeness (QED) is 0.562. The monoisotopic (exact) mass is 291 g/mol. The molecule has 1 N–H and O–H groups in total. The van der Waals surface area contributed by atoms with Crippen LogP contribution < -0.4 is 10.1 Å². The first kappa shape index (κ1) is 17.2. The van der Waals surface area contributed by atoms with Crippen molar-refractivity contribution < 1.29 is 14.3 Å². The fourth-order valence-electron chi connectivity index (χ4n) is 1.79. The van der Waals surface area contributed by atoms with E-state index in [1.807, 2.05) is 31.2 Å². The van der Waals surface area contributed by atoms with E-state index in [0.717, 1.165) is 16.9 Å². The van der Waals surface area contributed by atoms with Crippen molar-refractivity contribution in [3.05, 3.63) is 42.0 Å². The normalized spacial score (nSPS) is 10.5. The maximum absolute atomic E-state index is 11.7. The largest absolute Gasteiger partial charge is 0.483 e. The Balaban J connectivity index is 2.29. The number of hydrogen-bond donors (Lipinski definition) is 1. The van der Waals surface area contributed by atoms with Crippen LogP contribution in [0.25, 0.3) is 0 Å². The zero-order chi connectivity index (χ0) is 15.7. The summed E-state index contributed by atoms with van der Waals surface area (Å²) in [6.45, 7) is 11.3. The van der Waals surface area contributed by atoms with E-state index in [2.05, 4.69) is 25.7 Å². The molecule has 116 valence electrons. The Morgan fingerprint density at radius 2 is 2.00 bits per heavy atom. The SMILES string of the molecule is C=C(C)COCCNC(=O)COc1ccccc1C(C)C. The molecular weight excluding hydrogens is 266 g/mol. The minimum atomic E-state index is -0.146. The molecule has 0 aliphatic carbocycles. The van der Waals surface area contributed by atoms with Crippen LogP contribution in [0.5, 0.6) is 5.75 Å². The van der Waals surface area contributed by atoms with E-state index in [1.54, 1.807) is 0 Å². The molecule has 21 heavy (non-hydrogen) atoms. The lowest BCUT2D eigenvalue weighted by Gasteiger charge is -2.13. The summed E-state index contributed by atoms with van der Waals surface area (Å²) in [6, 6.07) is 7.79. The smallest absolute Gasteiger partial charge is 0.258 e. The Hall–Kier alpha value is -1.81. The summed E-state index contributed by atoms with van der Waals surface area (Å²) in [5.41, 5.74) is 2.07. The van der Waals surface area contributed by atoms with Gasteiger partial charge in [-0.3, -0.25) is 4.79 Å². The van der Waals surface area contributed by atoms with Gasteiger partial charge in [0.15, 0.2) is 6.61 Å². The summed E-state index contributed by atoms with van der Waals surface area (Å²) >= 11 is 0. The molecule has 0 aliphatic heterocycles. The highest BCUT2D eigenvalue weighted by Crippen LogP contribution is 2.25. The molecule has 0 atom stereocenters. The van der Waals surface area contributed by atoms with E-state index in [-0.39, 0.29) is 12.5 Å². The maximum Gasteiger partial charge on any atom is 0.258 e. The molecule has 1 aromatic carbocycles. The van der Waals surface area contributed by atoms with Crippen molar-refractivity contribution >= 4 is 5.91 Å². The van der Waals surface area contributed by atoms with E-state index >= 15 is 0 Å². The fraction of sp³-hybridized carbons (Fsp3) is 0.471. The molecule has 0 bridgehead atoms. The number of carbonyl (C=O) groups excluding carboxylic acids is 1. The summed E-state index contributed by atoms with van der Waals surface area (Å²) in [5, 5.41) is 2.76. The molecule has 1 rings (SSSR count). The Kier molecular flexibility index (Phi) is 7.54. The zero-order valence-electron chi connectivity index (χ0n) is 13.1. The van der Waals surface area contributed by atoms with E-state index < -0.39 is 0 Å². The molecule has 0 unspecified atom stereocenters. The molecule has 4 nitrogen and oxygen atoms in total. The molecule has 0 aliphatic rings. The number of rotatable bonds is 9. The highest BCUT2D eigenvalue weighted by molar-refractivity contribution is 5.77. The Morgan fingerprint density at radius 1 is 1.29 bits per heavy atom. The molecule has 0 aromatic heterocycles. The lowest BCUT2D eigenvalue weighted by Crippen LogP contribution is -2.31. The van der Waals surface area contributed by atoms with Crippen molar-refractivity contribution in [1.29, 1.82) is 0 Å². The van der Waals surface area contributed by atoms with Crippen LogP contribution in [0.2, 0.25) is 0 Å². The topological polar surface area (TPSA) is 47.6 Å². The van der Waals surface area contributed by atoms with Crippen LogP contribution in [-0.4, -0.2) is 32.3 Å². The average molecular weight is 291 g/mol. The fourth-order valence-corrected chi connectivity index (χ4v) is 1.79. The van der Waals surface area contributed by atoms with Crippen LogP contribution in [0.3, 0.4) is 0 Å². The second-order valence-corrected chi connectivity index (χ2v) is 5.34. The van der Waals surface area contributed by atoms with E-state index in [9.17, 15) is 4.79 Å². The number of nitrogens with one attached hydrogen (secondary N) is 1. The lowest BCUT2D eigenvalue weighted by atomic mass is 10.0. The Morgan fingerprint density at radius 3 is 2.67 bits per heavy atom. The second kappa shape index (κ2) is 9.19. The Bertz CT molecular complexity index is 469. The highest BCUT2D eigenvalue weighted by atomic mass is 16.5. The van der Waals surface area contributed by atoms with E-state index in [4.69, 9.17) is 9.47 Å². The minimum absolute atomic E-state index is 0.0181. The third kappa shape index (κ3) is 6.95. The molecule has 0 saturated carbocycles. The van der Waals surface area contributed by atoms with Gasteiger partial charge >= 0.3 is 0 Å². The van der Waals surface area contributed by atoms with Gasteiger partial charge in [0.25, 0.3) is 5.91 Å². The van der Waals surface area contributed by atoms with Crippen LogP contribution in [0.4, 0.5) is 0 Å². The van der Waals surface area contributed by atoms with Crippen molar-refractivity contribution in [1.82, 2.24) is 5.32 Å². The average Bonchev–Trinajstić information content (AvgIpc) is 2.44. The first-order valence-electron chi connectivity index (χ1n) is 7.21. The van der Waals surface area contributed by atoms with Crippen LogP contribution in [0.1, 0.15) is 32.3 Å². The van der Waals surface area contributed by atoms with Crippen molar-refractivity contribution in [3.63, 3.8) is 0 Å². The predicted molar refractivity (Wildman–Crippen MR) is 84.7 cm³/mol. The van der Waals surface area contributed by atoms with Gasteiger partial charge in [-0.15, -0.1) is 0 Å². The van der Waals surface area contributed by atoms with Gasteiger partial charge in [-0.25, -0.2) is 0 Å². The number of benzene rings is 1. The van der Waals surface area contributed by atoms with Crippen molar-refractivity contribution in [2.24, 2.45) is 0 Å². The Labute approximate surface area is 127 Å². The predicted octanol–water partition coefficient (Wildman–Crippen LogP) is 2.90. The highest BCUT2D eigenvalue weighted by Gasteiger charge is 2.08. The molecule has 0 heterocycles. The summed E-state index contributed by atoms with van der Waals surface area (Å²) in [4.78, 5) is 11.7. The number of carbonyl (C=O) groups is 1. The van der Waals surface area contributed by atoms with Crippen LogP contribution in [-0.2, 0) is 9.53 Å². The van der Waals surface area contributed by atoms with E-state index in [0.29, 0.717) is 25.7 Å². The molecule has 0 radical (unpaired) electrons. The first-order chi connectivity index (χ1) is 10.0. The number of ether oxygens (including phenoxy) is 2. The van der Waals surface area contributed by atoms with Crippen molar-refractivity contribution in [3.8, 4) is 5.75 Å². The third-order valence-corrected chi connectivity index (χ3v) is 2.82. The summed E-state index contributed by atoms with van der Waals surface area (Å²) in [6.07, 6.45) is 0. The molecule has 0 spiro atoms. The summed E-state index contributed by atoms with van der Waals surface area (Å²) in [7, 11) is 0. The maximum atomic E-state index is 11.7. The molecular formula is C17H25NO3. The van der Waals surface area contributed by atoms with Gasteiger partial charge < -0.3 is 14.8 Å². The molecule has 1 aromatic rings. The van der Waals surface area contributed by atoms with Gasteiger partial charge in [0.1, 0.15) is 5.75 Å². The minimum Gasteiger partial charge on any atom is -0.483 e. The van der Waals surface area contributed by atoms with Gasteiger partial charge in [0.05, 0.1) is 13.2 Å². The van der Waals surface area contributed by atoms with Crippen molar-refractivity contribution in [2.75, 3.05) is 26.4 Å². The molecule has 1 amide bonds. The third-order valence-electron chi connectivity index (χ3n) is 2.82. The van der Waals surface area contributed by atoms with Gasteiger partial charge in [-0.05, 0) is 24.5 Å². The van der Waals surface area contributed by atoms with Gasteiger partial charge in [0.2, 0.25) is 0 Å². The second-order valence-electron chi connectivity index (χ2n) is 5.34. The van der Waals surface area contributed by atoms with Crippen LogP contribution in [0.15, 0.2) is 36.4 Å². The van der Waals surface area contributed by atoms with E-state index in [1.165, 1.54) is 0 Å². The molecule has 0 saturated heterocycles. The summed E-state index contributed by atoms with van der Waals surface area (Å²) in [5.74, 6) is 0.980. The number of para-hydroxylation sites is 1. The lowest BCUT2D eigenvalue weighted by molar-refractivity contribution is -0.123. The molecule has 0 fully saturated rings.